The normalized spacial score (nSPS) is 11.8. The Morgan fingerprint density at radius 1 is 0.822 bits per heavy atom. The molecule has 0 aliphatic heterocycles. The number of rotatable bonds is 15. The average molecular weight is 636 g/mol. The molecule has 0 saturated carbocycles. The molecule has 0 heterocycles. The third-order valence-electron chi connectivity index (χ3n) is 6.93. The van der Waals surface area contributed by atoms with Crippen molar-refractivity contribution < 1.29 is 31.5 Å². The van der Waals surface area contributed by atoms with Gasteiger partial charge in [-0.15, -0.1) is 0 Å². The molecule has 45 heavy (non-hydrogen) atoms. The summed E-state index contributed by atoms with van der Waals surface area (Å²) in [5.74, 6) is -1.55. The van der Waals surface area contributed by atoms with Gasteiger partial charge < -0.3 is 15.0 Å². The summed E-state index contributed by atoms with van der Waals surface area (Å²) in [5, 5.41) is 2.95. The molecule has 0 bridgehead atoms. The van der Waals surface area contributed by atoms with Crippen LogP contribution < -0.4 is 14.8 Å². The fourth-order valence-electron chi connectivity index (χ4n) is 4.58. The standard InChI is InChI=1S/C34H35F2N3O5S/c1-2-3-7-22-37-34(41)33(26-8-5-4-6-9-26)39(23-25-10-12-27(35)13-11-25)32(40)24-44-30-18-20-31(21-19-30)45(42,43)38-29-16-14-28(36)15-17-29/h4-6,8-21,33,38H,2-3,7,22-24H2,1H3,(H,37,41). The van der Waals surface area contributed by atoms with E-state index in [2.05, 4.69) is 17.0 Å². The summed E-state index contributed by atoms with van der Waals surface area (Å²) in [4.78, 5) is 28.6. The van der Waals surface area contributed by atoms with Crippen LogP contribution in [0.25, 0.3) is 0 Å². The minimum absolute atomic E-state index is 0.0106. The molecule has 0 fully saturated rings. The SMILES string of the molecule is CCCCCNC(=O)C(c1ccccc1)N(Cc1ccc(F)cc1)C(=O)COc1ccc(S(=O)(=O)Nc2ccc(F)cc2)cc1. The average Bonchev–Trinajstić information content (AvgIpc) is 3.04. The molecule has 0 aromatic heterocycles. The zero-order valence-electron chi connectivity index (χ0n) is 24.8. The number of ether oxygens (including phenoxy) is 1. The summed E-state index contributed by atoms with van der Waals surface area (Å²) in [7, 11) is -3.96. The van der Waals surface area contributed by atoms with Crippen molar-refractivity contribution in [1.29, 1.82) is 0 Å². The van der Waals surface area contributed by atoms with Gasteiger partial charge >= 0.3 is 0 Å². The first-order chi connectivity index (χ1) is 21.7. The van der Waals surface area contributed by atoms with Crippen molar-refractivity contribution >= 4 is 27.5 Å². The van der Waals surface area contributed by atoms with Crippen LogP contribution in [0.5, 0.6) is 5.75 Å². The molecule has 4 rings (SSSR count). The van der Waals surface area contributed by atoms with Crippen molar-refractivity contribution in [2.45, 2.75) is 43.7 Å². The lowest BCUT2D eigenvalue weighted by Gasteiger charge is -2.31. The fraction of sp³-hybridized carbons (Fsp3) is 0.235. The molecule has 0 aliphatic rings. The van der Waals surface area contributed by atoms with Crippen LogP contribution >= 0.6 is 0 Å². The Bertz CT molecular complexity index is 1650. The quantitative estimate of drug-likeness (QED) is 0.151. The van der Waals surface area contributed by atoms with Gasteiger partial charge in [-0.25, -0.2) is 17.2 Å². The van der Waals surface area contributed by atoms with Gasteiger partial charge in [-0.2, -0.15) is 0 Å². The van der Waals surface area contributed by atoms with Gasteiger partial charge in [-0.05, 0) is 78.2 Å². The second-order valence-corrected chi connectivity index (χ2v) is 12.0. The maximum atomic E-state index is 13.8. The highest BCUT2D eigenvalue weighted by Gasteiger charge is 2.31. The number of nitrogens with one attached hydrogen (secondary N) is 2. The highest BCUT2D eigenvalue weighted by molar-refractivity contribution is 7.92. The van der Waals surface area contributed by atoms with Crippen LogP contribution in [0.2, 0.25) is 0 Å². The molecule has 0 aliphatic carbocycles. The van der Waals surface area contributed by atoms with Gasteiger partial charge in [-0.3, -0.25) is 14.3 Å². The van der Waals surface area contributed by atoms with Crippen LogP contribution in [-0.2, 0) is 26.2 Å². The summed E-state index contributed by atoms with van der Waals surface area (Å²) < 4.78 is 60.5. The molecule has 2 N–H and O–H groups in total. The molecule has 0 radical (unpaired) electrons. The van der Waals surface area contributed by atoms with Crippen molar-refractivity contribution in [3.05, 3.63) is 126 Å². The Morgan fingerprint density at radius 3 is 2.07 bits per heavy atom. The van der Waals surface area contributed by atoms with Gasteiger partial charge in [-0.1, -0.05) is 62.2 Å². The van der Waals surface area contributed by atoms with Gasteiger partial charge in [0.05, 0.1) is 4.90 Å². The molecule has 0 saturated heterocycles. The number of benzene rings is 4. The maximum Gasteiger partial charge on any atom is 0.261 e. The lowest BCUT2D eigenvalue weighted by Crippen LogP contribution is -2.45. The number of amides is 2. The Kier molecular flexibility index (Phi) is 11.6. The topological polar surface area (TPSA) is 105 Å². The maximum absolute atomic E-state index is 13.8. The second-order valence-electron chi connectivity index (χ2n) is 10.3. The van der Waals surface area contributed by atoms with E-state index in [0.29, 0.717) is 17.7 Å². The minimum atomic E-state index is -3.96. The van der Waals surface area contributed by atoms with Crippen molar-refractivity contribution in [3.63, 3.8) is 0 Å². The highest BCUT2D eigenvalue weighted by Crippen LogP contribution is 2.25. The zero-order chi connectivity index (χ0) is 32.2. The van der Waals surface area contributed by atoms with Gasteiger partial charge in [0, 0.05) is 18.8 Å². The number of halogens is 2. The number of unbranched alkanes of at least 4 members (excludes halogenated alkanes) is 2. The molecule has 1 unspecified atom stereocenters. The molecule has 4 aromatic rings. The van der Waals surface area contributed by atoms with Crippen molar-refractivity contribution in [1.82, 2.24) is 10.2 Å². The Labute approximate surface area is 262 Å². The zero-order valence-corrected chi connectivity index (χ0v) is 25.6. The van der Waals surface area contributed by atoms with E-state index < -0.39 is 40.2 Å². The molecule has 0 spiro atoms. The first kappa shape index (κ1) is 33.1. The minimum Gasteiger partial charge on any atom is -0.484 e. The van der Waals surface area contributed by atoms with E-state index in [0.717, 1.165) is 31.4 Å². The summed E-state index contributed by atoms with van der Waals surface area (Å²) >= 11 is 0. The van der Waals surface area contributed by atoms with Crippen LogP contribution in [0.3, 0.4) is 0 Å². The fourth-order valence-corrected chi connectivity index (χ4v) is 5.64. The predicted octanol–water partition coefficient (Wildman–Crippen LogP) is 6.22. The van der Waals surface area contributed by atoms with Gasteiger partial charge in [0.2, 0.25) is 5.91 Å². The summed E-state index contributed by atoms with van der Waals surface area (Å²) in [6.45, 7) is 2.08. The molecule has 4 aromatic carbocycles. The molecule has 11 heteroatoms. The summed E-state index contributed by atoms with van der Waals surface area (Å²) in [6, 6.07) is 24.0. The van der Waals surface area contributed by atoms with Crippen LogP contribution in [0.4, 0.5) is 14.5 Å². The van der Waals surface area contributed by atoms with Crippen molar-refractivity contribution in [2.75, 3.05) is 17.9 Å². The smallest absolute Gasteiger partial charge is 0.261 e. The van der Waals surface area contributed by atoms with Crippen LogP contribution in [0.1, 0.15) is 43.4 Å². The number of carbonyl (C=O) groups excluding carboxylic acids is 2. The van der Waals surface area contributed by atoms with E-state index in [9.17, 15) is 26.8 Å². The first-order valence-electron chi connectivity index (χ1n) is 14.5. The lowest BCUT2D eigenvalue weighted by molar-refractivity contribution is -0.143. The van der Waals surface area contributed by atoms with Crippen LogP contribution in [0.15, 0.2) is 108 Å². The Morgan fingerprint density at radius 2 is 1.44 bits per heavy atom. The van der Waals surface area contributed by atoms with Gasteiger partial charge in [0.25, 0.3) is 15.9 Å². The molecule has 236 valence electrons. The first-order valence-corrected chi connectivity index (χ1v) is 16.0. The lowest BCUT2D eigenvalue weighted by atomic mass is 10.0. The number of sulfonamides is 1. The van der Waals surface area contributed by atoms with Crippen LogP contribution in [-0.4, -0.2) is 38.3 Å². The van der Waals surface area contributed by atoms with Gasteiger partial charge in [0.15, 0.2) is 6.61 Å². The monoisotopic (exact) mass is 635 g/mol. The van der Waals surface area contributed by atoms with Crippen molar-refractivity contribution in [3.8, 4) is 5.75 Å². The van der Waals surface area contributed by atoms with E-state index >= 15 is 0 Å². The van der Waals surface area contributed by atoms with Gasteiger partial charge in [0.1, 0.15) is 23.4 Å². The second kappa shape index (κ2) is 15.8. The molecular weight excluding hydrogens is 600 g/mol. The van der Waals surface area contributed by atoms with E-state index in [4.69, 9.17) is 4.74 Å². The predicted molar refractivity (Wildman–Crippen MR) is 168 cm³/mol. The van der Waals surface area contributed by atoms with E-state index in [1.807, 2.05) is 6.07 Å². The Hall–Kier alpha value is -4.77. The van der Waals surface area contributed by atoms with E-state index in [1.165, 1.54) is 53.4 Å². The number of anilines is 1. The number of hydrogen-bond acceptors (Lipinski definition) is 5. The summed E-state index contributed by atoms with van der Waals surface area (Å²) in [6.07, 6.45) is 2.73. The molecule has 1 atom stereocenters. The number of hydrogen-bond donors (Lipinski definition) is 2. The Balaban J connectivity index is 1.53. The van der Waals surface area contributed by atoms with Crippen LogP contribution in [0, 0.1) is 11.6 Å². The number of carbonyl (C=O) groups is 2. The number of nitrogens with zero attached hydrogens (tertiary/aromatic N) is 1. The molecule has 2 amide bonds. The molecule has 8 nitrogen and oxygen atoms in total. The van der Waals surface area contributed by atoms with Crippen molar-refractivity contribution in [2.24, 2.45) is 0 Å². The summed E-state index contributed by atoms with van der Waals surface area (Å²) in [5.41, 5.74) is 1.42. The third-order valence-corrected chi connectivity index (χ3v) is 8.33. The third kappa shape index (κ3) is 9.61. The van der Waals surface area contributed by atoms with E-state index in [-0.39, 0.29) is 28.8 Å². The highest BCUT2D eigenvalue weighted by atomic mass is 32.2. The van der Waals surface area contributed by atoms with E-state index in [1.54, 1.807) is 36.4 Å². The largest absolute Gasteiger partial charge is 0.484 e. The molecular formula is C34H35F2N3O5S.